The number of aryl methyl sites for hydroxylation is 1. The predicted molar refractivity (Wildman–Crippen MR) is 67.7 cm³/mol. The molecule has 1 aliphatic rings. The van der Waals surface area contributed by atoms with Gasteiger partial charge in [-0.1, -0.05) is 24.3 Å². The van der Waals surface area contributed by atoms with Crippen LogP contribution in [0.25, 0.3) is 0 Å². The van der Waals surface area contributed by atoms with Gasteiger partial charge in [0, 0.05) is 6.42 Å². The number of benzene rings is 1. The lowest BCUT2D eigenvalue weighted by Crippen LogP contribution is -2.14. The number of alkyl halides is 3. The summed E-state index contributed by atoms with van der Waals surface area (Å²) < 4.78 is 36.5. The zero-order valence-corrected chi connectivity index (χ0v) is 10.8. The highest BCUT2D eigenvalue weighted by atomic mass is 19.4. The molecule has 0 aromatic heterocycles. The zero-order valence-electron chi connectivity index (χ0n) is 10.8. The maximum absolute atomic E-state index is 12.2. The maximum atomic E-state index is 12.2. The van der Waals surface area contributed by atoms with Gasteiger partial charge in [0.25, 0.3) is 0 Å². The molecule has 0 saturated heterocycles. The van der Waals surface area contributed by atoms with Crippen LogP contribution in [-0.2, 0) is 6.42 Å². The zero-order chi connectivity index (χ0) is 13.9. The Morgan fingerprint density at radius 3 is 2.68 bits per heavy atom. The number of fused-ring (bicyclic) bond motifs is 1. The lowest BCUT2D eigenvalue weighted by Gasteiger charge is -2.22. The van der Waals surface area contributed by atoms with Gasteiger partial charge in [-0.3, -0.25) is 0 Å². The Kier molecular flexibility index (Phi) is 4.50. The molecule has 0 fully saturated rings. The van der Waals surface area contributed by atoms with Crippen LogP contribution in [-0.4, -0.2) is 11.3 Å². The van der Waals surface area contributed by atoms with Gasteiger partial charge in [-0.15, -0.1) is 0 Å². The summed E-state index contributed by atoms with van der Waals surface area (Å²) in [6, 6.07) is 7.70. The van der Waals surface area contributed by atoms with Crippen LogP contribution >= 0.6 is 0 Å². The molecule has 0 saturated carbocycles. The lowest BCUT2D eigenvalue weighted by atomic mass is 9.89. The summed E-state index contributed by atoms with van der Waals surface area (Å²) in [5, 5.41) is 10.3. The van der Waals surface area contributed by atoms with Crippen LogP contribution in [0.15, 0.2) is 24.3 Å². The first-order chi connectivity index (χ1) is 8.97. The van der Waals surface area contributed by atoms with E-state index in [1.54, 1.807) is 0 Å². The number of aliphatic hydroxyl groups is 1. The fourth-order valence-electron chi connectivity index (χ4n) is 2.88. The number of hydrogen-bond acceptors (Lipinski definition) is 1. The van der Waals surface area contributed by atoms with E-state index >= 15 is 0 Å². The molecule has 0 aliphatic heterocycles. The molecule has 1 aromatic rings. The van der Waals surface area contributed by atoms with E-state index in [1.807, 2.05) is 24.3 Å². The van der Waals surface area contributed by atoms with E-state index in [1.165, 1.54) is 0 Å². The lowest BCUT2D eigenvalue weighted by molar-refractivity contribution is -0.136. The molecule has 2 rings (SSSR count). The average Bonchev–Trinajstić information content (AvgIpc) is 2.49. The second-order valence-corrected chi connectivity index (χ2v) is 5.30. The van der Waals surface area contributed by atoms with Crippen molar-refractivity contribution in [1.82, 2.24) is 0 Å². The van der Waals surface area contributed by atoms with E-state index in [-0.39, 0.29) is 12.3 Å². The maximum Gasteiger partial charge on any atom is 0.389 e. The Labute approximate surface area is 111 Å². The minimum atomic E-state index is -4.09. The van der Waals surface area contributed by atoms with Crippen LogP contribution in [0.2, 0.25) is 0 Å². The van der Waals surface area contributed by atoms with E-state index in [4.69, 9.17) is 0 Å². The van der Waals surface area contributed by atoms with Crippen molar-refractivity contribution in [2.45, 2.75) is 50.8 Å². The largest absolute Gasteiger partial charge is 0.389 e. The summed E-state index contributed by atoms with van der Waals surface area (Å²) in [7, 11) is 0. The second kappa shape index (κ2) is 5.95. The molecular weight excluding hydrogens is 253 g/mol. The summed E-state index contributed by atoms with van der Waals surface area (Å²) >= 11 is 0. The fourth-order valence-corrected chi connectivity index (χ4v) is 2.88. The number of rotatable bonds is 3. The summed E-state index contributed by atoms with van der Waals surface area (Å²) in [6.45, 7) is 0. The molecule has 0 radical (unpaired) electrons. The number of hydrogen-bond donors (Lipinski definition) is 1. The van der Waals surface area contributed by atoms with Gasteiger partial charge < -0.3 is 5.11 Å². The summed E-state index contributed by atoms with van der Waals surface area (Å²) in [5.41, 5.74) is 2.03. The van der Waals surface area contributed by atoms with Crippen molar-refractivity contribution in [2.75, 3.05) is 0 Å². The Bertz CT molecular complexity index is 414. The monoisotopic (exact) mass is 272 g/mol. The smallest absolute Gasteiger partial charge is 0.388 e. The Hall–Kier alpha value is -1.03. The Morgan fingerprint density at radius 1 is 1.21 bits per heavy atom. The molecule has 0 heterocycles. The van der Waals surface area contributed by atoms with Crippen LogP contribution in [0, 0.1) is 5.92 Å². The van der Waals surface area contributed by atoms with Crippen LogP contribution < -0.4 is 0 Å². The van der Waals surface area contributed by atoms with Gasteiger partial charge in [-0.25, -0.2) is 0 Å². The quantitative estimate of drug-likeness (QED) is 0.808. The van der Waals surface area contributed by atoms with E-state index in [0.717, 1.165) is 30.4 Å². The highest BCUT2D eigenvalue weighted by Gasteiger charge is 2.29. The summed E-state index contributed by atoms with van der Waals surface area (Å²) in [4.78, 5) is 0. The topological polar surface area (TPSA) is 20.2 Å². The third-order valence-corrected chi connectivity index (χ3v) is 3.88. The molecule has 0 amide bonds. The van der Waals surface area contributed by atoms with E-state index in [0.29, 0.717) is 6.42 Å². The van der Waals surface area contributed by atoms with Gasteiger partial charge in [0.15, 0.2) is 0 Å². The molecule has 0 bridgehead atoms. The minimum absolute atomic E-state index is 0.0500. The number of aliphatic hydroxyl groups excluding tert-OH is 1. The van der Waals surface area contributed by atoms with E-state index in [2.05, 4.69) is 0 Å². The van der Waals surface area contributed by atoms with Gasteiger partial charge in [-0.05, 0) is 49.1 Å². The van der Waals surface area contributed by atoms with Crippen molar-refractivity contribution < 1.29 is 18.3 Å². The molecular formula is C15H19F3O. The average molecular weight is 272 g/mol. The molecule has 2 atom stereocenters. The van der Waals surface area contributed by atoms with Crippen molar-refractivity contribution in [1.29, 1.82) is 0 Å². The van der Waals surface area contributed by atoms with Crippen molar-refractivity contribution >= 4 is 0 Å². The van der Waals surface area contributed by atoms with Crippen molar-refractivity contribution in [3.63, 3.8) is 0 Å². The molecule has 1 nitrogen and oxygen atoms in total. The third-order valence-electron chi connectivity index (χ3n) is 3.88. The molecule has 106 valence electrons. The third kappa shape index (κ3) is 3.96. The first-order valence-electron chi connectivity index (χ1n) is 6.80. The van der Waals surface area contributed by atoms with Crippen molar-refractivity contribution in [3.05, 3.63) is 35.4 Å². The summed E-state index contributed by atoms with van der Waals surface area (Å²) in [5.74, 6) is -0.0500. The van der Waals surface area contributed by atoms with Crippen LogP contribution in [0.5, 0.6) is 0 Å². The van der Waals surface area contributed by atoms with Gasteiger partial charge >= 0.3 is 6.18 Å². The fraction of sp³-hybridized carbons (Fsp3) is 0.600. The Balaban J connectivity index is 1.99. The van der Waals surface area contributed by atoms with Crippen LogP contribution in [0.3, 0.4) is 0 Å². The van der Waals surface area contributed by atoms with Crippen LogP contribution in [0.4, 0.5) is 13.2 Å². The van der Waals surface area contributed by atoms with E-state index < -0.39 is 18.7 Å². The first-order valence-corrected chi connectivity index (χ1v) is 6.80. The normalized spacial score (nSPS) is 23.8. The van der Waals surface area contributed by atoms with Crippen molar-refractivity contribution in [3.8, 4) is 0 Å². The molecule has 1 aromatic carbocycles. The van der Waals surface area contributed by atoms with Gasteiger partial charge in [0.2, 0.25) is 0 Å². The molecule has 2 unspecified atom stereocenters. The standard InChI is InChI=1S/C15H19F3O/c16-15(17,18)10-4-8-12-7-3-6-11-5-1-2-9-13(11)14(12)19/h1-2,5,9,12,14,19H,3-4,6-8,10H2. The SMILES string of the molecule is OC1c2ccccc2CCCC1CCCC(F)(F)F. The van der Waals surface area contributed by atoms with Gasteiger partial charge in [-0.2, -0.15) is 13.2 Å². The highest BCUT2D eigenvalue weighted by Crippen LogP contribution is 2.36. The number of halogens is 3. The minimum Gasteiger partial charge on any atom is -0.388 e. The molecule has 19 heavy (non-hydrogen) atoms. The van der Waals surface area contributed by atoms with Crippen LogP contribution in [0.1, 0.15) is 49.3 Å². The predicted octanol–water partition coefficient (Wildman–Crippen LogP) is 4.41. The Morgan fingerprint density at radius 2 is 1.95 bits per heavy atom. The van der Waals surface area contributed by atoms with Crippen molar-refractivity contribution in [2.24, 2.45) is 5.92 Å². The summed E-state index contributed by atoms with van der Waals surface area (Å²) in [6.07, 6.45) is -2.28. The van der Waals surface area contributed by atoms with E-state index in [9.17, 15) is 18.3 Å². The second-order valence-electron chi connectivity index (χ2n) is 5.30. The first kappa shape index (κ1) is 14.4. The molecule has 0 spiro atoms. The highest BCUT2D eigenvalue weighted by molar-refractivity contribution is 5.30. The molecule has 1 aliphatic carbocycles. The molecule has 4 heteroatoms. The molecule has 1 N–H and O–H groups in total. The van der Waals surface area contributed by atoms with Gasteiger partial charge in [0.1, 0.15) is 0 Å². The van der Waals surface area contributed by atoms with Gasteiger partial charge in [0.05, 0.1) is 6.10 Å².